The number of benzene rings is 1. The molecule has 0 spiro atoms. The molecule has 2 N–H and O–H groups in total. The molecule has 0 radical (unpaired) electrons. The summed E-state index contributed by atoms with van der Waals surface area (Å²) < 4.78 is 0. The molecule has 17 heavy (non-hydrogen) atoms. The summed E-state index contributed by atoms with van der Waals surface area (Å²) in [4.78, 5) is 12.1. The van der Waals surface area contributed by atoms with Crippen molar-refractivity contribution in [3.8, 4) is 0 Å². The van der Waals surface area contributed by atoms with Crippen molar-refractivity contribution in [2.75, 3.05) is 13.1 Å². The van der Waals surface area contributed by atoms with Crippen LogP contribution in [0.25, 0.3) is 0 Å². The first-order valence-electron chi connectivity index (χ1n) is 6.43. The van der Waals surface area contributed by atoms with E-state index in [4.69, 9.17) is 0 Å². The first-order valence-corrected chi connectivity index (χ1v) is 6.43. The minimum absolute atomic E-state index is 0.0909. The van der Waals surface area contributed by atoms with E-state index in [0.29, 0.717) is 6.04 Å². The van der Waals surface area contributed by atoms with E-state index in [1.807, 2.05) is 12.1 Å². The van der Waals surface area contributed by atoms with Gasteiger partial charge < -0.3 is 10.6 Å². The maximum atomic E-state index is 12.1. The number of hydrogen-bond acceptors (Lipinski definition) is 2. The molecule has 1 saturated heterocycles. The Morgan fingerprint density at radius 2 is 2.24 bits per heavy atom. The van der Waals surface area contributed by atoms with Crippen LogP contribution >= 0.6 is 0 Å². The SMILES string of the molecule is O=C(N[C@H]1CCCNC1)C1Cc2ccccc21. The molecule has 1 unspecified atom stereocenters. The van der Waals surface area contributed by atoms with Crippen molar-refractivity contribution in [2.45, 2.75) is 31.2 Å². The Kier molecular flexibility index (Phi) is 2.85. The van der Waals surface area contributed by atoms with Gasteiger partial charge in [-0.3, -0.25) is 4.79 Å². The van der Waals surface area contributed by atoms with Crippen molar-refractivity contribution >= 4 is 5.91 Å². The fraction of sp³-hybridized carbons (Fsp3) is 0.500. The summed E-state index contributed by atoms with van der Waals surface area (Å²) >= 11 is 0. The van der Waals surface area contributed by atoms with Gasteiger partial charge >= 0.3 is 0 Å². The van der Waals surface area contributed by atoms with Gasteiger partial charge in [0.2, 0.25) is 5.91 Å². The molecule has 90 valence electrons. The van der Waals surface area contributed by atoms with Crippen molar-refractivity contribution < 1.29 is 4.79 Å². The van der Waals surface area contributed by atoms with Gasteiger partial charge in [0.1, 0.15) is 0 Å². The van der Waals surface area contributed by atoms with Crippen LogP contribution in [-0.2, 0) is 11.2 Å². The number of nitrogens with one attached hydrogen (secondary N) is 2. The predicted octanol–water partition coefficient (Wildman–Crippen LogP) is 1.19. The molecule has 3 rings (SSSR count). The lowest BCUT2D eigenvalue weighted by molar-refractivity contribution is -0.123. The number of hydrogen-bond donors (Lipinski definition) is 2. The van der Waals surface area contributed by atoms with Gasteiger partial charge in [-0.15, -0.1) is 0 Å². The highest BCUT2D eigenvalue weighted by Gasteiger charge is 2.32. The molecule has 1 aliphatic heterocycles. The number of fused-ring (bicyclic) bond motifs is 1. The predicted molar refractivity (Wildman–Crippen MR) is 66.9 cm³/mol. The summed E-state index contributed by atoms with van der Waals surface area (Å²) in [5.41, 5.74) is 2.54. The molecular weight excluding hydrogens is 212 g/mol. The topological polar surface area (TPSA) is 41.1 Å². The van der Waals surface area contributed by atoms with Gasteiger partial charge in [-0.2, -0.15) is 0 Å². The lowest BCUT2D eigenvalue weighted by Gasteiger charge is -2.32. The van der Waals surface area contributed by atoms with Gasteiger partial charge in [-0.25, -0.2) is 0 Å². The maximum Gasteiger partial charge on any atom is 0.228 e. The number of amides is 1. The molecule has 0 aromatic heterocycles. The van der Waals surface area contributed by atoms with Crippen molar-refractivity contribution in [1.82, 2.24) is 10.6 Å². The molecule has 3 nitrogen and oxygen atoms in total. The third kappa shape index (κ3) is 2.07. The van der Waals surface area contributed by atoms with E-state index in [2.05, 4.69) is 22.8 Å². The van der Waals surface area contributed by atoms with Crippen molar-refractivity contribution in [1.29, 1.82) is 0 Å². The second-order valence-corrected chi connectivity index (χ2v) is 5.01. The van der Waals surface area contributed by atoms with Gasteiger partial charge in [-0.05, 0) is 36.9 Å². The normalized spacial score (nSPS) is 26.8. The van der Waals surface area contributed by atoms with E-state index < -0.39 is 0 Å². The zero-order valence-corrected chi connectivity index (χ0v) is 9.91. The van der Waals surface area contributed by atoms with Crippen LogP contribution in [0.4, 0.5) is 0 Å². The summed E-state index contributed by atoms with van der Waals surface area (Å²) in [5, 5.41) is 6.48. The quantitative estimate of drug-likeness (QED) is 0.801. The summed E-state index contributed by atoms with van der Waals surface area (Å²) in [6, 6.07) is 8.56. The second-order valence-electron chi connectivity index (χ2n) is 5.01. The van der Waals surface area contributed by atoms with Gasteiger partial charge in [0, 0.05) is 12.6 Å². The molecule has 0 saturated carbocycles. The number of carbonyl (C=O) groups excluding carboxylic acids is 1. The van der Waals surface area contributed by atoms with Gasteiger partial charge in [0.25, 0.3) is 0 Å². The number of piperidine rings is 1. The largest absolute Gasteiger partial charge is 0.352 e. The summed E-state index contributed by atoms with van der Waals surface area (Å²) in [5.74, 6) is 0.297. The molecule has 2 atom stereocenters. The van der Waals surface area contributed by atoms with Crippen LogP contribution in [0.5, 0.6) is 0 Å². The minimum atomic E-state index is 0.0909. The standard InChI is InChI=1S/C14H18N2O/c17-14(16-11-5-3-7-15-9-11)13-8-10-4-1-2-6-12(10)13/h1-2,4,6,11,13,15H,3,5,7-9H2,(H,16,17)/t11-,13?/m0/s1. The van der Waals surface area contributed by atoms with Crippen molar-refractivity contribution in [3.05, 3.63) is 35.4 Å². The average Bonchev–Trinajstić information content (AvgIpc) is 2.32. The van der Waals surface area contributed by atoms with E-state index in [1.54, 1.807) is 0 Å². The Hall–Kier alpha value is -1.35. The van der Waals surface area contributed by atoms with Crippen molar-refractivity contribution in [2.24, 2.45) is 0 Å². The van der Waals surface area contributed by atoms with E-state index in [1.165, 1.54) is 11.1 Å². The Morgan fingerprint density at radius 1 is 1.35 bits per heavy atom. The Morgan fingerprint density at radius 3 is 3.00 bits per heavy atom. The summed E-state index contributed by atoms with van der Waals surface area (Å²) in [6.07, 6.45) is 3.17. The van der Waals surface area contributed by atoms with Crippen LogP contribution in [0.15, 0.2) is 24.3 Å². The number of rotatable bonds is 2. The van der Waals surface area contributed by atoms with E-state index in [9.17, 15) is 4.79 Å². The third-order valence-electron chi connectivity index (χ3n) is 3.81. The van der Waals surface area contributed by atoms with Crippen LogP contribution in [-0.4, -0.2) is 25.0 Å². The molecule has 1 fully saturated rings. The van der Waals surface area contributed by atoms with Crippen LogP contribution in [0.3, 0.4) is 0 Å². The highest BCUT2D eigenvalue weighted by atomic mass is 16.2. The molecule has 2 aliphatic rings. The number of carbonyl (C=O) groups is 1. The Bertz CT molecular complexity index is 424. The molecule has 1 aromatic carbocycles. The summed E-state index contributed by atoms with van der Waals surface area (Å²) in [6.45, 7) is 2.00. The zero-order chi connectivity index (χ0) is 11.7. The lowest BCUT2D eigenvalue weighted by Crippen LogP contribution is -2.48. The monoisotopic (exact) mass is 230 g/mol. The lowest BCUT2D eigenvalue weighted by atomic mass is 9.77. The van der Waals surface area contributed by atoms with E-state index >= 15 is 0 Å². The van der Waals surface area contributed by atoms with Gasteiger partial charge in [0.05, 0.1) is 5.92 Å². The molecule has 0 bridgehead atoms. The van der Waals surface area contributed by atoms with Crippen LogP contribution in [0, 0.1) is 0 Å². The molecule has 1 amide bonds. The first-order chi connectivity index (χ1) is 8.34. The summed E-state index contributed by atoms with van der Waals surface area (Å²) in [7, 11) is 0. The maximum absolute atomic E-state index is 12.1. The van der Waals surface area contributed by atoms with E-state index in [0.717, 1.165) is 32.4 Å². The highest BCUT2D eigenvalue weighted by molar-refractivity contribution is 5.87. The van der Waals surface area contributed by atoms with E-state index in [-0.39, 0.29) is 11.8 Å². The molecular formula is C14H18N2O. The average molecular weight is 230 g/mol. The van der Waals surface area contributed by atoms with Gasteiger partial charge in [-0.1, -0.05) is 24.3 Å². The fourth-order valence-electron chi connectivity index (χ4n) is 2.77. The first kappa shape index (κ1) is 10.8. The van der Waals surface area contributed by atoms with Crippen molar-refractivity contribution in [3.63, 3.8) is 0 Å². The highest BCUT2D eigenvalue weighted by Crippen LogP contribution is 2.34. The van der Waals surface area contributed by atoms with Crippen LogP contribution < -0.4 is 10.6 Å². The molecule has 3 heteroatoms. The fourth-order valence-corrected chi connectivity index (χ4v) is 2.77. The molecule has 1 heterocycles. The minimum Gasteiger partial charge on any atom is -0.352 e. The molecule has 1 aromatic rings. The smallest absolute Gasteiger partial charge is 0.228 e. The molecule has 1 aliphatic carbocycles. The third-order valence-corrected chi connectivity index (χ3v) is 3.81. The van der Waals surface area contributed by atoms with Crippen LogP contribution in [0.2, 0.25) is 0 Å². The second kappa shape index (κ2) is 4.49. The zero-order valence-electron chi connectivity index (χ0n) is 9.91. The van der Waals surface area contributed by atoms with Crippen LogP contribution in [0.1, 0.15) is 29.9 Å². The Labute approximate surface area is 102 Å². The van der Waals surface area contributed by atoms with Gasteiger partial charge in [0.15, 0.2) is 0 Å². The Balaban J connectivity index is 1.61.